The number of aliphatic hydroxyl groups excluding tert-OH is 2. The van der Waals surface area contributed by atoms with E-state index in [1.165, 1.54) is 0 Å². The predicted molar refractivity (Wildman–Crippen MR) is 194 cm³/mol. The summed E-state index contributed by atoms with van der Waals surface area (Å²) < 4.78 is 26.6. The van der Waals surface area contributed by atoms with E-state index in [0.29, 0.717) is 17.0 Å². The van der Waals surface area contributed by atoms with E-state index in [1.807, 2.05) is 12.1 Å². The van der Waals surface area contributed by atoms with Gasteiger partial charge in [-0.25, -0.2) is 9.59 Å². The molecule has 15 heteroatoms. The molecule has 2 bridgehead atoms. The average Bonchev–Trinajstić information content (AvgIpc) is 3.69. The second-order valence-electron chi connectivity index (χ2n) is 16.0. The third kappa shape index (κ3) is 7.39. The van der Waals surface area contributed by atoms with Gasteiger partial charge in [-0.1, -0.05) is 57.2 Å². The van der Waals surface area contributed by atoms with Gasteiger partial charge in [0.2, 0.25) is 0 Å². The van der Waals surface area contributed by atoms with E-state index in [2.05, 4.69) is 0 Å². The Morgan fingerprint density at radius 1 is 1.00 bits per heavy atom. The van der Waals surface area contributed by atoms with Crippen LogP contribution in [-0.2, 0) is 30.8 Å². The van der Waals surface area contributed by atoms with Crippen LogP contribution < -0.4 is 9.30 Å². The molecule has 7 rings (SSSR count). The summed E-state index contributed by atoms with van der Waals surface area (Å²) in [5.41, 5.74) is -6.16. The van der Waals surface area contributed by atoms with Crippen LogP contribution in [0.4, 0.5) is 0 Å². The summed E-state index contributed by atoms with van der Waals surface area (Å²) in [4.78, 5) is 43.2. The van der Waals surface area contributed by atoms with Gasteiger partial charge in [0.05, 0.1) is 24.2 Å². The van der Waals surface area contributed by atoms with E-state index in [9.17, 15) is 30.0 Å². The number of hydrogen-bond acceptors (Lipinski definition) is 12. The van der Waals surface area contributed by atoms with Crippen LogP contribution in [0.25, 0.3) is 0 Å². The summed E-state index contributed by atoms with van der Waals surface area (Å²) in [7, 11) is 1.78. The summed E-state index contributed by atoms with van der Waals surface area (Å²) in [6, 6.07) is 17.5. The minimum absolute atomic E-state index is 0. The van der Waals surface area contributed by atoms with E-state index in [4.69, 9.17) is 18.9 Å². The topological polar surface area (TPSA) is 173 Å². The molecule has 0 spiro atoms. The first-order chi connectivity index (χ1) is 25.5. The predicted octanol–water partition coefficient (Wildman–Crippen LogP) is 3.20. The van der Waals surface area contributed by atoms with Crippen LogP contribution in [-0.4, -0.2) is 92.6 Å². The maximum Gasteiger partial charge on any atom is 0.367 e. The Kier molecular flexibility index (Phi) is 14.0. The summed E-state index contributed by atoms with van der Waals surface area (Å²) >= 11 is 1.13. The molecule has 4 aliphatic rings. The van der Waals surface area contributed by atoms with Gasteiger partial charge in [-0.05, 0) is 48.1 Å². The smallest absolute Gasteiger partial charge is 0.367 e. The Morgan fingerprint density at radius 3 is 2.29 bits per heavy atom. The number of ether oxygens (including phenoxy) is 4. The second kappa shape index (κ2) is 17.1. The largest absolute Gasteiger partial charge is 0.456 e. The maximum atomic E-state index is 15.2. The fourth-order valence-corrected chi connectivity index (χ4v) is 10.1. The zero-order valence-electron chi connectivity index (χ0n) is 32.3. The summed E-state index contributed by atoms with van der Waals surface area (Å²) in [5.74, 6) is -4.12. The van der Waals surface area contributed by atoms with Crippen LogP contribution in [0, 0.1) is 105 Å². The number of aromatic nitrogens is 1. The third-order valence-corrected chi connectivity index (χ3v) is 13.7. The van der Waals surface area contributed by atoms with Crippen molar-refractivity contribution in [3.05, 3.63) is 93.8 Å². The number of pyridine rings is 1. The van der Waals surface area contributed by atoms with Gasteiger partial charge in [0.1, 0.15) is 47.5 Å². The SMILES string of the molecule is CC1=C2C(O)C(=O)[C@]3(C)C(Oc4cccc[n+]4C)CC4OCC4(O)C3C(OC(=O)c3cccs3)C(O)(CC1OC(=O)C(O)[C@@H](C)c1ccccc1)C2(C)C.[Ac].[Ac]. The van der Waals surface area contributed by atoms with E-state index >= 15 is 4.79 Å². The molecular formula is C41H48Ac2NO11S+. The Bertz CT molecular complexity index is 1980. The summed E-state index contributed by atoms with van der Waals surface area (Å²) in [6.45, 7) is 7.93. The number of nitrogens with zero attached hydrogens (tertiary/aromatic N) is 1. The fraction of sp³-hybridized carbons (Fsp3) is 0.512. The van der Waals surface area contributed by atoms with Gasteiger partial charge in [-0.2, -0.15) is 4.57 Å². The molecule has 2 saturated carbocycles. The zero-order valence-corrected chi connectivity index (χ0v) is 42.6. The molecular weight excluding hydrogens is 1170 g/mol. The van der Waals surface area contributed by atoms with Crippen LogP contribution in [0.3, 0.4) is 0 Å². The molecule has 3 aromatic rings. The fourth-order valence-electron chi connectivity index (χ4n) is 9.47. The van der Waals surface area contributed by atoms with E-state index < -0.39 is 88.2 Å². The molecule has 2 radical (unpaired) electrons. The number of carbonyl (C=O) groups is 3. The molecule has 0 amide bonds. The number of fused-ring (bicyclic) bond motifs is 5. The summed E-state index contributed by atoms with van der Waals surface area (Å²) in [5, 5.41) is 51.2. The molecule has 3 fully saturated rings. The number of carbonyl (C=O) groups excluding carboxylic acids is 3. The molecule has 3 aliphatic carbocycles. The van der Waals surface area contributed by atoms with Crippen molar-refractivity contribution in [3.8, 4) is 5.88 Å². The standard InChI is InChI=1S/C41H48NO11S.2Ac/c1-22(24-13-8-7-9-14-24)31(43)37(47)51-25-20-41(49)35(53-36(46)26-15-12-18-54-26)33-39(5,34(45)32(44)30(23(25)2)38(41,3)4)27(19-28-40(33,48)21-50-28)52-29-16-10-11-17-42(29)6;;/h7-18,22,25,27-28,31-33,35,43-44,48-49H,19-21H2,1-6H3;;/q+1;;/t22-,25?,27?,28?,31?,32?,33?,35?,39+,40?,41?;;/m0../s1. The number of benzene rings is 1. The van der Waals surface area contributed by atoms with Gasteiger partial charge in [-0.15, -0.1) is 11.3 Å². The van der Waals surface area contributed by atoms with Crippen LogP contribution in [0.5, 0.6) is 5.88 Å². The molecule has 11 atom stereocenters. The minimum atomic E-state index is -2.18. The number of ketones is 1. The Balaban J connectivity index is 0.00000300. The molecule has 1 aliphatic heterocycles. The quantitative estimate of drug-likeness (QED) is 0.148. The van der Waals surface area contributed by atoms with Gasteiger partial charge >= 0.3 is 17.8 Å². The number of aryl methyl sites for hydroxylation is 1. The van der Waals surface area contributed by atoms with Crippen molar-refractivity contribution in [2.24, 2.45) is 23.8 Å². The van der Waals surface area contributed by atoms with Crippen molar-refractivity contribution in [1.82, 2.24) is 0 Å². The maximum absolute atomic E-state index is 15.2. The Hall–Kier alpha value is -1.10. The Morgan fingerprint density at radius 2 is 1.68 bits per heavy atom. The monoisotopic (exact) mass is 1220 g/mol. The molecule has 4 N–H and O–H groups in total. The molecule has 2 aromatic heterocycles. The van der Waals surface area contributed by atoms with E-state index in [1.54, 1.807) is 106 Å². The van der Waals surface area contributed by atoms with E-state index in [-0.39, 0.29) is 118 Å². The first-order valence-corrected chi connectivity index (χ1v) is 19.1. The normalized spacial score (nSPS) is 34.0. The minimum Gasteiger partial charge on any atom is -0.456 e. The van der Waals surface area contributed by atoms with Crippen molar-refractivity contribution in [3.63, 3.8) is 0 Å². The van der Waals surface area contributed by atoms with Gasteiger partial charge in [0.25, 0.3) is 0 Å². The second-order valence-corrected chi connectivity index (χ2v) is 17.0. The number of esters is 2. The number of aliphatic hydroxyl groups is 4. The summed E-state index contributed by atoms with van der Waals surface area (Å²) in [6.07, 6.45) is -6.78. The molecule has 294 valence electrons. The van der Waals surface area contributed by atoms with Crippen molar-refractivity contribution < 1.29 is 146 Å². The van der Waals surface area contributed by atoms with Crippen LogP contribution in [0.15, 0.2) is 83.4 Å². The van der Waals surface area contributed by atoms with Crippen LogP contribution in [0.1, 0.15) is 68.6 Å². The average molecular weight is 1220 g/mol. The van der Waals surface area contributed by atoms with Crippen LogP contribution >= 0.6 is 11.3 Å². The third-order valence-electron chi connectivity index (χ3n) is 12.9. The first-order valence-electron chi connectivity index (χ1n) is 18.3. The van der Waals surface area contributed by atoms with E-state index in [0.717, 1.165) is 11.3 Å². The Labute approximate surface area is 402 Å². The number of thiophene rings is 1. The molecule has 1 saturated heterocycles. The van der Waals surface area contributed by atoms with Gasteiger partial charge in [0, 0.05) is 124 Å². The molecule has 9 unspecified atom stereocenters. The molecule has 12 nitrogen and oxygen atoms in total. The van der Waals surface area contributed by atoms with Crippen molar-refractivity contribution in [2.45, 2.75) is 101 Å². The molecule has 1 aromatic carbocycles. The number of hydrogen-bond donors (Lipinski definition) is 4. The van der Waals surface area contributed by atoms with Crippen molar-refractivity contribution >= 4 is 29.1 Å². The van der Waals surface area contributed by atoms with Gasteiger partial charge in [0.15, 0.2) is 18.1 Å². The van der Waals surface area contributed by atoms with Gasteiger partial charge < -0.3 is 39.4 Å². The molecule has 3 heterocycles. The van der Waals surface area contributed by atoms with Crippen molar-refractivity contribution in [1.29, 1.82) is 0 Å². The zero-order chi connectivity index (χ0) is 39.0. The number of Topliss-reactive ketones (excluding diaryl/α,β-unsaturated/α-hetero) is 1. The van der Waals surface area contributed by atoms with Crippen molar-refractivity contribution in [2.75, 3.05) is 6.61 Å². The number of rotatable bonds is 8. The van der Waals surface area contributed by atoms with Gasteiger partial charge in [-0.3, -0.25) is 4.79 Å². The van der Waals surface area contributed by atoms with Crippen LogP contribution in [0.2, 0.25) is 0 Å². The molecule has 56 heavy (non-hydrogen) atoms. The first kappa shape index (κ1) is 46.0.